The summed E-state index contributed by atoms with van der Waals surface area (Å²) in [5.74, 6) is -1.04. The summed E-state index contributed by atoms with van der Waals surface area (Å²) in [6, 6.07) is 6.80. The Morgan fingerprint density at radius 1 is 1.25 bits per heavy atom. The first-order chi connectivity index (χ1) is 9.47. The number of rotatable bonds is 2. The summed E-state index contributed by atoms with van der Waals surface area (Å²) in [7, 11) is 1.81. The number of halogens is 1. The van der Waals surface area contributed by atoms with E-state index in [1.807, 2.05) is 20.0 Å². The topological polar surface area (TPSA) is 55.2 Å². The molecule has 2 heterocycles. The standard InChI is InChI=1S/C14H12ClN3O2/c1-8-5-10(17(2)16-8)7-18-12-4-3-9(15)6-11(12)13(19)14(18)20/h3-6H,7H2,1-2H3. The van der Waals surface area contributed by atoms with Crippen molar-refractivity contribution in [3.05, 3.63) is 46.2 Å². The molecule has 0 N–H and O–H groups in total. The summed E-state index contributed by atoms with van der Waals surface area (Å²) in [5.41, 5.74) is 2.70. The molecule has 1 aromatic carbocycles. The van der Waals surface area contributed by atoms with Gasteiger partial charge in [0.25, 0.3) is 11.7 Å². The van der Waals surface area contributed by atoms with Crippen molar-refractivity contribution in [2.75, 3.05) is 4.90 Å². The number of aryl methyl sites for hydroxylation is 2. The molecule has 1 aliphatic rings. The molecule has 0 spiro atoms. The van der Waals surface area contributed by atoms with E-state index in [1.165, 1.54) is 11.0 Å². The van der Waals surface area contributed by atoms with Crippen LogP contribution in [0.25, 0.3) is 0 Å². The minimum atomic E-state index is -0.527. The van der Waals surface area contributed by atoms with Crippen molar-refractivity contribution in [1.82, 2.24) is 9.78 Å². The largest absolute Gasteiger partial charge is 0.299 e. The second-order valence-electron chi connectivity index (χ2n) is 4.78. The minimum Gasteiger partial charge on any atom is -0.299 e. The first-order valence-electron chi connectivity index (χ1n) is 6.12. The number of carbonyl (C=O) groups is 2. The molecule has 5 nitrogen and oxygen atoms in total. The average molecular weight is 290 g/mol. The lowest BCUT2D eigenvalue weighted by molar-refractivity contribution is -0.114. The van der Waals surface area contributed by atoms with Gasteiger partial charge in [-0.3, -0.25) is 19.2 Å². The number of benzene rings is 1. The number of amides is 1. The van der Waals surface area contributed by atoms with Crippen molar-refractivity contribution in [2.24, 2.45) is 7.05 Å². The van der Waals surface area contributed by atoms with Gasteiger partial charge in [0, 0.05) is 12.1 Å². The maximum atomic E-state index is 12.1. The summed E-state index contributed by atoms with van der Waals surface area (Å²) >= 11 is 5.88. The van der Waals surface area contributed by atoms with Crippen LogP contribution >= 0.6 is 11.6 Å². The van der Waals surface area contributed by atoms with Crippen LogP contribution in [0.1, 0.15) is 21.7 Å². The van der Waals surface area contributed by atoms with Crippen molar-refractivity contribution < 1.29 is 9.59 Å². The zero-order chi connectivity index (χ0) is 14.4. The molecule has 0 saturated carbocycles. The number of hydrogen-bond donors (Lipinski definition) is 0. The predicted molar refractivity (Wildman–Crippen MR) is 74.9 cm³/mol. The lowest BCUT2D eigenvalue weighted by Crippen LogP contribution is -2.30. The molecule has 0 unspecified atom stereocenters. The van der Waals surface area contributed by atoms with E-state index < -0.39 is 11.7 Å². The number of hydrogen-bond acceptors (Lipinski definition) is 3. The zero-order valence-electron chi connectivity index (χ0n) is 11.1. The van der Waals surface area contributed by atoms with Gasteiger partial charge in [-0.2, -0.15) is 5.10 Å². The van der Waals surface area contributed by atoms with E-state index in [9.17, 15) is 9.59 Å². The van der Waals surface area contributed by atoms with Crippen molar-refractivity contribution >= 4 is 29.0 Å². The van der Waals surface area contributed by atoms with Crippen molar-refractivity contribution in [3.8, 4) is 0 Å². The van der Waals surface area contributed by atoms with Crippen LogP contribution in [0.5, 0.6) is 0 Å². The average Bonchev–Trinajstić information content (AvgIpc) is 2.83. The predicted octanol–water partition coefficient (Wildman–Crippen LogP) is 2.11. The molecule has 0 radical (unpaired) electrons. The van der Waals surface area contributed by atoms with E-state index in [2.05, 4.69) is 5.10 Å². The molecule has 2 aromatic rings. The number of carbonyl (C=O) groups excluding carboxylic acids is 2. The lowest BCUT2D eigenvalue weighted by Gasteiger charge is -2.16. The smallest absolute Gasteiger partial charge is 0.299 e. The van der Waals surface area contributed by atoms with Gasteiger partial charge >= 0.3 is 0 Å². The molecule has 1 aliphatic heterocycles. The van der Waals surface area contributed by atoms with Gasteiger partial charge in [-0.1, -0.05) is 11.6 Å². The first kappa shape index (κ1) is 12.9. The maximum absolute atomic E-state index is 12.1. The van der Waals surface area contributed by atoms with E-state index in [4.69, 9.17) is 11.6 Å². The van der Waals surface area contributed by atoms with E-state index in [0.717, 1.165) is 11.4 Å². The Kier molecular flexibility index (Phi) is 2.87. The highest BCUT2D eigenvalue weighted by Gasteiger charge is 2.36. The molecule has 20 heavy (non-hydrogen) atoms. The summed E-state index contributed by atoms with van der Waals surface area (Å²) < 4.78 is 1.71. The second kappa shape index (κ2) is 4.45. The Morgan fingerprint density at radius 2 is 2.00 bits per heavy atom. The Hall–Kier alpha value is -2.14. The van der Waals surface area contributed by atoms with Gasteiger partial charge in [0.15, 0.2) is 0 Å². The van der Waals surface area contributed by atoms with Crippen LogP contribution in [-0.4, -0.2) is 21.5 Å². The molecule has 0 fully saturated rings. The monoisotopic (exact) mass is 289 g/mol. The van der Waals surface area contributed by atoms with E-state index in [0.29, 0.717) is 22.8 Å². The van der Waals surface area contributed by atoms with Crippen LogP contribution in [-0.2, 0) is 18.4 Å². The fraction of sp³-hybridized carbons (Fsp3) is 0.214. The fourth-order valence-corrected chi connectivity index (χ4v) is 2.58. The number of aromatic nitrogens is 2. The Bertz CT molecular complexity index is 736. The molecule has 0 aliphatic carbocycles. The Balaban J connectivity index is 2.01. The van der Waals surface area contributed by atoms with Crippen LogP contribution in [0.4, 0.5) is 5.69 Å². The van der Waals surface area contributed by atoms with E-state index in [1.54, 1.807) is 16.8 Å². The minimum absolute atomic E-state index is 0.316. The molecule has 0 bridgehead atoms. The lowest BCUT2D eigenvalue weighted by atomic mass is 10.1. The highest BCUT2D eigenvalue weighted by Crippen LogP contribution is 2.32. The molecule has 0 atom stereocenters. The molecule has 102 valence electrons. The van der Waals surface area contributed by atoms with E-state index >= 15 is 0 Å². The summed E-state index contributed by atoms with van der Waals surface area (Å²) in [6.45, 7) is 2.20. The molecule has 3 rings (SSSR count). The summed E-state index contributed by atoms with van der Waals surface area (Å²) in [6.07, 6.45) is 0. The molecular weight excluding hydrogens is 278 g/mol. The number of fused-ring (bicyclic) bond motifs is 1. The summed E-state index contributed by atoms with van der Waals surface area (Å²) in [4.78, 5) is 25.5. The van der Waals surface area contributed by atoms with Crippen LogP contribution < -0.4 is 4.90 Å². The number of anilines is 1. The third-order valence-corrected chi connectivity index (χ3v) is 3.59. The van der Waals surface area contributed by atoms with Crippen molar-refractivity contribution in [2.45, 2.75) is 13.5 Å². The van der Waals surface area contributed by atoms with Crippen molar-refractivity contribution in [1.29, 1.82) is 0 Å². The quantitative estimate of drug-likeness (QED) is 0.796. The van der Waals surface area contributed by atoms with E-state index in [-0.39, 0.29) is 0 Å². The van der Waals surface area contributed by atoms with Gasteiger partial charge in [0.1, 0.15) is 0 Å². The van der Waals surface area contributed by atoms with Gasteiger partial charge in [-0.15, -0.1) is 0 Å². The van der Waals surface area contributed by atoms with Crippen LogP contribution in [0.15, 0.2) is 24.3 Å². The number of nitrogens with zero attached hydrogens (tertiary/aromatic N) is 3. The SMILES string of the molecule is Cc1cc(CN2C(=O)C(=O)c3cc(Cl)ccc32)n(C)n1. The zero-order valence-corrected chi connectivity index (χ0v) is 11.8. The second-order valence-corrected chi connectivity index (χ2v) is 5.22. The van der Waals surface area contributed by atoms with Crippen LogP contribution in [0.2, 0.25) is 5.02 Å². The normalized spacial score (nSPS) is 14.1. The number of Topliss-reactive ketones (excluding diaryl/α,β-unsaturated/α-hetero) is 1. The molecule has 0 saturated heterocycles. The van der Waals surface area contributed by atoms with Crippen LogP contribution in [0.3, 0.4) is 0 Å². The first-order valence-corrected chi connectivity index (χ1v) is 6.50. The maximum Gasteiger partial charge on any atom is 0.299 e. The van der Waals surface area contributed by atoms with Gasteiger partial charge in [-0.05, 0) is 31.2 Å². The third kappa shape index (κ3) is 1.91. The van der Waals surface area contributed by atoms with Crippen LogP contribution in [0, 0.1) is 6.92 Å². The molecular formula is C14H12ClN3O2. The van der Waals surface area contributed by atoms with Gasteiger partial charge in [0.2, 0.25) is 0 Å². The Labute approximate surface area is 120 Å². The van der Waals surface area contributed by atoms with Gasteiger partial charge in [0.05, 0.1) is 29.2 Å². The highest BCUT2D eigenvalue weighted by molar-refractivity contribution is 6.52. The van der Waals surface area contributed by atoms with Gasteiger partial charge in [-0.25, -0.2) is 0 Å². The Morgan fingerprint density at radius 3 is 2.65 bits per heavy atom. The van der Waals surface area contributed by atoms with Gasteiger partial charge < -0.3 is 0 Å². The third-order valence-electron chi connectivity index (χ3n) is 3.35. The number of ketones is 1. The molecule has 6 heteroatoms. The molecule has 1 amide bonds. The van der Waals surface area contributed by atoms with Crippen molar-refractivity contribution in [3.63, 3.8) is 0 Å². The summed E-state index contributed by atoms with van der Waals surface area (Å²) in [5, 5.41) is 4.69. The highest BCUT2D eigenvalue weighted by atomic mass is 35.5. The fourth-order valence-electron chi connectivity index (χ4n) is 2.40. The molecule has 1 aromatic heterocycles.